The second-order valence-corrected chi connectivity index (χ2v) is 6.45. The molecule has 1 unspecified atom stereocenters. The number of para-hydroxylation sites is 1. The van der Waals surface area contributed by atoms with Crippen LogP contribution in [0, 0.1) is 24.1 Å². The predicted octanol–water partition coefficient (Wildman–Crippen LogP) is 3.65. The first kappa shape index (κ1) is 17.6. The first-order valence-corrected chi connectivity index (χ1v) is 8.67. The average Bonchev–Trinajstić information content (AvgIpc) is 3.06. The quantitative estimate of drug-likeness (QED) is 0.724. The number of nitriles is 1. The van der Waals surface area contributed by atoms with Gasteiger partial charge in [-0.3, -0.25) is 5.10 Å². The van der Waals surface area contributed by atoms with Crippen molar-refractivity contribution in [3.05, 3.63) is 88.2 Å². The molecule has 2 aromatic carbocycles. The third-order valence-corrected chi connectivity index (χ3v) is 4.64. The number of aryl methyl sites for hydroxylation is 1. The van der Waals surface area contributed by atoms with E-state index in [1.165, 1.54) is 12.1 Å². The Kier molecular flexibility index (Phi) is 4.45. The predicted molar refractivity (Wildman–Crippen MR) is 99.8 cm³/mol. The van der Waals surface area contributed by atoms with Gasteiger partial charge in [-0.25, -0.2) is 4.39 Å². The van der Waals surface area contributed by atoms with Crippen molar-refractivity contribution in [1.82, 2.24) is 10.2 Å². The highest BCUT2D eigenvalue weighted by atomic mass is 19.1. The summed E-state index contributed by atoms with van der Waals surface area (Å²) in [7, 11) is 0. The highest BCUT2D eigenvalue weighted by molar-refractivity contribution is 5.57. The van der Waals surface area contributed by atoms with Gasteiger partial charge in [0.1, 0.15) is 29.8 Å². The molecule has 0 saturated heterocycles. The Morgan fingerprint density at radius 1 is 1.29 bits per heavy atom. The molecule has 0 aliphatic carbocycles. The molecule has 0 bridgehead atoms. The number of nitrogens with zero attached hydrogens (tertiary/aromatic N) is 2. The van der Waals surface area contributed by atoms with Crippen LogP contribution in [-0.2, 0) is 6.61 Å². The van der Waals surface area contributed by atoms with Crippen molar-refractivity contribution in [2.45, 2.75) is 19.4 Å². The van der Waals surface area contributed by atoms with Crippen LogP contribution in [-0.4, -0.2) is 10.2 Å². The Labute approximate surface area is 161 Å². The number of ether oxygens (including phenoxy) is 2. The summed E-state index contributed by atoms with van der Waals surface area (Å²) in [6, 6.07) is 15.8. The number of rotatable bonds is 4. The fraction of sp³-hybridized carbons (Fsp3) is 0.143. The van der Waals surface area contributed by atoms with Crippen LogP contribution < -0.4 is 15.2 Å². The topological polar surface area (TPSA) is 97.0 Å². The molecule has 1 aliphatic heterocycles. The monoisotopic (exact) mass is 376 g/mol. The zero-order valence-electron chi connectivity index (χ0n) is 15.1. The zero-order chi connectivity index (χ0) is 19.7. The fourth-order valence-corrected chi connectivity index (χ4v) is 3.35. The third kappa shape index (κ3) is 3.05. The highest BCUT2D eigenvalue weighted by Gasteiger charge is 2.35. The van der Waals surface area contributed by atoms with Gasteiger partial charge in [0.25, 0.3) is 0 Å². The lowest BCUT2D eigenvalue weighted by Gasteiger charge is -2.25. The van der Waals surface area contributed by atoms with E-state index in [9.17, 15) is 9.65 Å². The van der Waals surface area contributed by atoms with Crippen LogP contribution in [0.2, 0.25) is 0 Å². The molecule has 1 aliphatic rings. The number of aromatic amines is 1. The summed E-state index contributed by atoms with van der Waals surface area (Å²) >= 11 is 0. The molecule has 1 aromatic heterocycles. The van der Waals surface area contributed by atoms with Crippen molar-refractivity contribution in [2.24, 2.45) is 5.73 Å². The van der Waals surface area contributed by atoms with Gasteiger partial charge >= 0.3 is 0 Å². The van der Waals surface area contributed by atoms with Gasteiger partial charge < -0.3 is 15.2 Å². The fourth-order valence-electron chi connectivity index (χ4n) is 3.35. The van der Waals surface area contributed by atoms with Crippen LogP contribution in [0.15, 0.2) is 60.0 Å². The van der Waals surface area contributed by atoms with Gasteiger partial charge in [0.2, 0.25) is 11.8 Å². The Morgan fingerprint density at radius 2 is 2.11 bits per heavy atom. The van der Waals surface area contributed by atoms with E-state index in [1.807, 2.05) is 31.2 Å². The minimum absolute atomic E-state index is 0.0198. The summed E-state index contributed by atoms with van der Waals surface area (Å²) in [5.74, 6) is 0.146. The van der Waals surface area contributed by atoms with Crippen molar-refractivity contribution in [3.8, 4) is 17.7 Å². The smallest absolute Gasteiger partial charge is 0.244 e. The van der Waals surface area contributed by atoms with E-state index in [0.717, 1.165) is 16.8 Å². The summed E-state index contributed by atoms with van der Waals surface area (Å²) < 4.78 is 24.9. The number of nitrogens with two attached hydrogens (primary N) is 1. The van der Waals surface area contributed by atoms with Crippen molar-refractivity contribution in [1.29, 1.82) is 5.26 Å². The van der Waals surface area contributed by atoms with Gasteiger partial charge in [-0.2, -0.15) is 5.26 Å². The lowest BCUT2D eigenvalue weighted by atomic mass is 9.83. The van der Waals surface area contributed by atoms with Crippen molar-refractivity contribution < 1.29 is 13.9 Å². The second-order valence-electron chi connectivity index (χ2n) is 6.45. The maximum Gasteiger partial charge on any atom is 0.244 e. The molecule has 28 heavy (non-hydrogen) atoms. The summed E-state index contributed by atoms with van der Waals surface area (Å²) in [4.78, 5) is 0. The van der Waals surface area contributed by atoms with Crippen molar-refractivity contribution >= 4 is 0 Å². The summed E-state index contributed by atoms with van der Waals surface area (Å²) in [5, 5.41) is 16.7. The van der Waals surface area contributed by atoms with Gasteiger partial charge in [0.05, 0.1) is 5.92 Å². The van der Waals surface area contributed by atoms with Crippen LogP contribution in [0.1, 0.15) is 28.3 Å². The van der Waals surface area contributed by atoms with E-state index in [4.69, 9.17) is 15.2 Å². The van der Waals surface area contributed by atoms with Gasteiger partial charge in [-0.1, -0.05) is 30.3 Å². The molecule has 0 fully saturated rings. The summed E-state index contributed by atoms with van der Waals surface area (Å²) in [5.41, 5.74) is 9.25. The standard InChI is InChI=1S/C21H17FN4O2/c1-12-18-19(16(10-23)20(24)28-21(18)26-25-12)15-7-2-3-8-17(15)27-11-13-5-4-6-14(22)9-13/h2-9,19H,11,24H2,1H3,(H,25,26). The SMILES string of the molecule is Cc1[nH]nc2c1C(c1ccccc1OCc1cccc(F)c1)C(C#N)=C(N)O2. The number of halogens is 1. The Balaban J connectivity index is 1.75. The normalized spacial score (nSPS) is 15.5. The average molecular weight is 376 g/mol. The number of hydrogen-bond acceptors (Lipinski definition) is 5. The van der Waals surface area contributed by atoms with E-state index in [0.29, 0.717) is 22.8 Å². The second kappa shape index (κ2) is 7.08. The molecule has 1 atom stereocenters. The minimum Gasteiger partial charge on any atom is -0.489 e. The van der Waals surface area contributed by atoms with Crippen LogP contribution in [0.4, 0.5) is 4.39 Å². The Hall–Kier alpha value is -3.79. The molecule has 0 radical (unpaired) electrons. The number of fused-ring (bicyclic) bond motifs is 1. The minimum atomic E-state index is -0.476. The van der Waals surface area contributed by atoms with Crippen molar-refractivity contribution in [2.75, 3.05) is 0 Å². The molecule has 140 valence electrons. The van der Waals surface area contributed by atoms with Gasteiger partial charge in [0.15, 0.2) is 0 Å². The first-order chi connectivity index (χ1) is 13.6. The van der Waals surface area contributed by atoms with E-state index in [-0.39, 0.29) is 18.3 Å². The van der Waals surface area contributed by atoms with Crippen LogP contribution >= 0.6 is 0 Å². The van der Waals surface area contributed by atoms with E-state index in [1.54, 1.807) is 12.1 Å². The van der Waals surface area contributed by atoms with Gasteiger partial charge in [0, 0.05) is 16.8 Å². The molecule has 2 heterocycles. The van der Waals surface area contributed by atoms with E-state index in [2.05, 4.69) is 16.3 Å². The Morgan fingerprint density at radius 3 is 2.89 bits per heavy atom. The molecular formula is C21H17FN4O2. The summed E-state index contributed by atoms with van der Waals surface area (Å²) in [6.45, 7) is 2.05. The Bertz CT molecular complexity index is 1110. The zero-order valence-corrected chi connectivity index (χ0v) is 15.1. The van der Waals surface area contributed by atoms with E-state index >= 15 is 0 Å². The van der Waals surface area contributed by atoms with Gasteiger partial charge in [-0.05, 0) is 30.7 Å². The molecule has 0 spiro atoms. The maximum atomic E-state index is 13.4. The van der Waals surface area contributed by atoms with Crippen LogP contribution in [0.3, 0.4) is 0 Å². The number of nitrogens with one attached hydrogen (secondary N) is 1. The first-order valence-electron chi connectivity index (χ1n) is 8.67. The number of hydrogen-bond donors (Lipinski definition) is 2. The molecule has 3 aromatic rings. The molecule has 6 nitrogen and oxygen atoms in total. The van der Waals surface area contributed by atoms with Crippen LogP contribution in [0.25, 0.3) is 0 Å². The largest absolute Gasteiger partial charge is 0.489 e. The highest BCUT2D eigenvalue weighted by Crippen LogP contribution is 2.45. The molecule has 3 N–H and O–H groups in total. The van der Waals surface area contributed by atoms with E-state index < -0.39 is 5.92 Å². The maximum absolute atomic E-state index is 13.4. The number of aromatic nitrogens is 2. The number of H-pyrrole nitrogens is 1. The van der Waals surface area contributed by atoms with Gasteiger partial charge in [-0.15, -0.1) is 5.10 Å². The number of benzene rings is 2. The molecular weight excluding hydrogens is 359 g/mol. The third-order valence-electron chi connectivity index (χ3n) is 4.64. The van der Waals surface area contributed by atoms with Crippen LogP contribution in [0.5, 0.6) is 11.6 Å². The lowest BCUT2D eigenvalue weighted by Crippen LogP contribution is -2.21. The molecule has 0 saturated carbocycles. The van der Waals surface area contributed by atoms with Crippen molar-refractivity contribution in [3.63, 3.8) is 0 Å². The molecule has 7 heteroatoms. The molecule has 0 amide bonds. The number of allylic oxidation sites excluding steroid dienone is 1. The molecule has 4 rings (SSSR count). The summed E-state index contributed by atoms with van der Waals surface area (Å²) in [6.07, 6.45) is 0. The lowest BCUT2D eigenvalue weighted by molar-refractivity contribution is 0.301.